The molecule has 1 atom stereocenters. The van der Waals surface area contributed by atoms with Crippen LogP contribution in [0.5, 0.6) is 0 Å². The van der Waals surface area contributed by atoms with Crippen molar-refractivity contribution in [2.45, 2.75) is 80.1 Å². The number of rotatable bonds is 15. The summed E-state index contributed by atoms with van der Waals surface area (Å²) in [5.41, 5.74) is 6.23. The van der Waals surface area contributed by atoms with E-state index in [2.05, 4.69) is 60.6 Å². The summed E-state index contributed by atoms with van der Waals surface area (Å²) in [4.78, 5) is 56.8. The van der Waals surface area contributed by atoms with E-state index in [0.717, 1.165) is 86.5 Å². The molecule has 3 aromatic heterocycles. The first-order valence-electron chi connectivity index (χ1n) is 20.4. The van der Waals surface area contributed by atoms with Crippen molar-refractivity contribution < 1.29 is 14.4 Å². The van der Waals surface area contributed by atoms with Crippen molar-refractivity contribution >= 4 is 51.4 Å². The SMILES string of the molecule is C=C(C)C(C)CCC(=O)CC.CC(=O)c1ccc(N2CCN(CCC3CCN(c4ccnc(Nc5ccc6ncccc6n5)c4)CC3)CC2)cc1C(=O)C(C)C. The Labute approximate surface area is 333 Å². The van der Waals surface area contributed by atoms with Gasteiger partial charge >= 0.3 is 0 Å². The van der Waals surface area contributed by atoms with E-state index < -0.39 is 0 Å². The zero-order valence-electron chi connectivity index (χ0n) is 34.4. The maximum absolute atomic E-state index is 12.8. The second-order valence-electron chi connectivity index (χ2n) is 15.8. The molecule has 1 N–H and O–H groups in total. The van der Waals surface area contributed by atoms with Gasteiger partial charge in [-0.3, -0.25) is 24.3 Å². The predicted molar refractivity (Wildman–Crippen MR) is 229 cm³/mol. The van der Waals surface area contributed by atoms with Crippen LogP contribution in [-0.4, -0.2) is 83.0 Å². The Kier molecular flexibility index (Phi) is 15.3. The number of ketones is 3. The van der Waals surface area contributed by atoms with Crippen LogP contribution in [-0.2, 0) is 4.79 Å². The first-order valence-corrected chi connectivity index (χ1v) is 20.4. The van der Waals surface area contributed by atoms with Crippen molar-refractivity contribution in [1.82, 2.24) is 19.9 Å². The zero-order chi connectivity index (χ0) is 40.2. The normalized spacial score (nSPS) is 15.6. The molecule has 0 aliphatic carbocycles. The van der Waals surface area contributed by atoms with E-state index in [1.807, 2.05) is 76.4 Å². The lowest BCUT2D eigenvalue weighted by Crippen LogP contribution is -2.47. The van der Waals surface area contributed by atoms with Gasteiger partial charge in [-0.2, -0.15) is 0 Å². The van der Waals surface area contributed by atoms with Gasteiger partial charge in [0.2, 0.25) is 0 Å². The number of anilines is 4. The molecule has 2 fully saturated rings. The molecule has 10 heteroatoms. The Balaban J connectivity index is 0.000000477. The van der Waals surface area contributed by atoms with Gasteiger partial charge in [-0.05, 0) is 106 Å². The lowest BCUT2D eigenvalue weighted by atomic mass is 9.93. The van der Waals surface area contributed by atoms with E-state index in [4.69, 9.17) is 0 Å². The molecular weight excluding hydrogens is 699 g/mol. The number of benzene rings is 1. The molecule has 0 spiro atoms. The topological polar surface area (TPSA) is 112 Å². The third-order valence-electron chi connectivity index (χ3n) is 11.3. The minimum atomic E-state index is -0.141. The smallest absolute Gasteiger partial charge is 0.166 e. The molecule has 0 bridgehead atoms. The molecule has 2 saturated heterocycles. The molecule has 5 heterocycles. The van der Waals surface area contributed by atoms with Crippen molar-refractivity contribution in [2.24, 2.45) is 17.8 Å². The number of allylic oxidation sites excluding steroid dienone is 1. The highest BCUT2D eigenvalue weighted by atomic mass is 16.1. The molecule has 0 radical (unpaired) electrons. The summed E-state index contributed by atoms with van der Waals surface area (Å²) in [6, 6.07) is 17.7. The first kappa shape index (κ1) is 42.2. The second-order valence-corrected chi connectivity index (χ2v) is 15.8. The average Bonchev–Trinajstić information content (AvgIpc) is 3.22. The number of nitrogens with zero attached hydrogens (tertiary/aromatic N) is 6. The van der Waals surface area contributed by atoms with Crippen molar-refractivity contribution in [2.75, 3.05) is 60.9 Å². The average molecular weight is 760 g/mol. The molecule has 2 aliphatic rings. The number of aromatic nitrogens is 3. The van der Waals surface area contributed by atoms with E-state index >= 15 is 0 Å². The first-order chi connectivity index (χ1) is 26.9. The molecule has 1 aromatic carbocycles. The van der Waals surface area contributed by atoms with E-state index in [1.54, 1.807) is 6.20 Å². The molecule has 2 aliphatic heterocycles. The van der Waals surface area contributed by atoms with E-state index in [-0.39, 0.29) is 17.5 Å². The number of piperazine rings is 1. The monoisotopic (exact) mass is 759 g/mol. The molecule has 298 valence electrons. The maximum Gasteiger partial charge on any atom is 0.166 e. The fourth-order valence-electron chi connectivity index (χ4n) is 7.27. The molecule has 0 saturated carbocycles. The number of hydrogen-bond donors (Lipinski definition) is 1. The van der Waals surface area contributed by atoms with Crippen LogP contribution in [0, 0.1) is 17.8 Å². The quantitative estimate of drug-likeness (QED) is 0.0930. The van der Waals surface area contributed by atoms with Crippen LogP contribution in [0.15, 0.2) is 79.1 Å². The van der Waals surface area contributed by atoms with Crippen LogP contribution >= 0.6 is 0 Å². The van der Waals surface area contributed by atoms with Gasteiger partial charge in [0.1, 0.15) is 17.4 Å². The third-order valence-corrected chi connectivity index (χ3v) is 11.3. The Morgan fingerprint density at radius 3 is 2.20 bits per heavy atom. The molecule has 4 aromatic rings. The summed E-state index contributed by atoms with van der Waals surface area (Å²) >= 11 is 0. The van der Waals surface area contributed by atoms with Crippen LogP contribution in [0.4, 0.5) is 23.0 Å². The fraction of sp³-hybridized carbons (Fsp3) is 0.478. The number of pyridine rings is 3. The van der Waals surface area contributed by atoms with Crippen LogP contribution in [0.2, 0.25) is 0 Å². The molecule has 56 heavy (non-hydrogen) atoms. The standard InChI is InChI=1S/C36H43N7O2.C10H18O/c1-25(2)36(45)31-23-28(6-7-30(31)26(3)44)43-21-19-41(20-22-43)16-11-27-12-17-42(18-13-27)29-10-15-38-35(24-29)40-34-9-8-32-33(39-34)5-4-14-37-32;1-5-10(11)7-6-9(4)8(2)3/h4-10,14-15,23-25,27H,11-13,16-22H2,1-3H3,(H,38,39,40);9H,2,5-7H2,1,3-4H3. The Hall–Kier alpha value is -4.96. The summed E-state index contributed by atoms with van der Waals surface area (Å²) in [6.45, 7) is 22.3. The minimum Gasteiger partial charge on any atom is -0.371 e. The number of Topliss-reactive ketones (excluding diaryl/α,β-unsaturated/α-hetero) is 3. The van der Waals surface area contributed by atoms with Crippen molar-refractivity contribution in [3.05, 3.63) is 90.3 Å². The molecule has 6 rings (SSSR count). The predicted octanol–water partition coefficient (Wildman–Crippen LogP) is 9.20. The number of carbonyl (C=O) groups excluding carboxylic acids is 3. The van der Waals surface area contributed by atoms with E-state index in [9.17, 15) is 14.4 Å². The summed E-state index contributed by atoms with van der Waals surface area (Å²) in [5.74, 6) is 2.97. The van der Waals surface area contributed by atoms with Gasteiger partial charge in [-0.1, -0.05) is 39.8 Å². The van der Waals surface area contributed by atoms with Crippen molar-refractivity contribution in [1.29, 1.82) is 0 Å². The van der Waals surface area contributed by atoms with Gasteiger partial charge < -0.3 is 15.1 Å². The number of hydrogen-bond acceptors (Lipinski definition) is 10. The minimum absolute atomic E-state index is 0.0315. The molecule has 0 amide bonds. The van der Waals surface area contributed by atoms with Gasteiger partial charge in [-0.25, -0.2) is 9.97 Å². The highest BCUT2D eigenvalue weighted by molar-refractivity contribution is 6.09. The Morgan fingerprint density at radius 1 is 0.804 bits per heavy atom. The second kappa shape index (κ2) is 20.3. The summed E-state index contributed by atoms with van der Waals surface area (Å²) in [7, 11) is 0. The van der Waals surface area contributed by atoms with Gasteiger partial charge in [0, 0.05) is 99.0 Å². The summed E-state index contributed by atoms with van der Waals surface area (Å²) in [6.07, 6.45) is 9.60. The largest absolute Gasteiger partial charge is 0.371 e. The lowest BCUT2D eigenvalue weighted by molar-refractivity contribution is -0.119. The van der Waals surface area contributed by atoms with Crippen LogP contribution < -0.4 is 15.1 Å². The lowest BCUT2D eigenvalue weighted by Gasteiger charge is -2.38. The Morgan fingerprint density at radius 2 is 1.52 bits per heavy atom. The van der Waals surface area contributed by atoms with Crippen LogP contribution in [0.25, 0.3) is 11.0 Å². The van der Waals surface area contributed by atoms with Crippen molar-refractivity contribution in [3.63, 3.8) is 0 Å². The number of piperidine rings is 1. The van der Waals surface area contributed by atoms with Crippen LogP contribution in [0.1, 0.15) is 101 Å². The number of nitrogens with one attached hydrogen (secondary N) is 1. The molecular formula is C46H61N7O3. The van der Waals surface area contributed by atoms with Gasteiger partial charge in [0.15, 0.2) is 11.6 Å². The Bertz CT molecular complexity index is 1960. The van der Waals surface area contributed by atoms with E-state index in [1.165, 1.54) is 37.4 Å². The highest BCUT2D eigenvalue weighted by Crippen LogP contribution is 2.29. The van der Waals surface area contributed by atoms with Gasteiger partial charge in [0.05, 0.1) is 11.0 Å². The van der Waals surface area contributed by atoms with E-state index in [0.29, 0.717) is 35.7 Å². The molecule has 10 nitrogen and oxygen atoms in total. The third kappa shape index (κ3) is 11.8. The maximum atomic E-state index is 12.8. The summed E-state index contributed by atoms with van der Waals surface area (Å²) in [5, 5.41) is 3.36. The van der Waals surface area contributed by atoms with Crippen molar-refractivity contribution in [3.8, 4) is 0 Å². The number of carbonyl (C=O) groups is 3. The summed E-state index contributed by atoms with van der Waals surface area (Å²) < 4.78 is 0. The van der Waals surface area contributed by atoms with Gasteiger partial charge in [-0.15, -0.1) is 0 Å². The molecule has 1 unspecified atom stereocenters. The highest BCUT2D eigenvalue weighted by Gasteiger charge is 2.24. The zero-order valence-corrected chi connectivity index (χ0v) is 34.4. The number of fused-ring (bicyclic) bond motifs is 1. The van der Waals surface area contributed by atoms with Crippen LogP contribution in [0.3, 0.4) is 0 Å². The fourth-order valence-corrected chi connectivity index (χ4v) is 7.27. The van der Waals surface area contributed by atoms with Gasteiger partial charge in [0.25, 0.3) is 0 Å².